The minimum absolute atomic E-state index is 0.205. The second-order valence-electron chi connectivity index (χ2n) is 24.7. The maximum absolute atomic E-state index is 13.1. The SMILES string of the molecule is CC/C=C\C/C=C\C/C=C\C/C=C\C/C=C\C/C=C\C/C=C\C/C=C\C/C=C\C/C=C\C/C=C\C/C=C\CCCCCCC(=O)NC(COC1OC(CO)C(O)C(O)C1O)C(O)/C=C/CCCCCCCCCCCCCCCCCCCCCCCCCC. The number of hydrogen-bond acceptors (Lipinski definition) is 8. The first kappa shape index (κ1) is 83.8. The zero-order valence-electron chi connectivity index (χ0n) is 57.3. The summed E-state index contributed by atoms with van der Waals surface area (Å²) in [6.45, 7) is 3.67. The van der Waals surface area contributed by atoms with Crippen LogP contribution in [0.25, 0.3) is 0 Å². The Hall–Kier alpha value is -4.19. The fourth-order valence-corrected chi connectivity index (χ4v) is 10.7. The van der Waals surface area contributed by atoms with Gasteiger partial charge in [-0.15, -0.1) is 0 Å². The minimum atomic E-state index is -1.58. The fourth-order valence-electron chi connectivity index (χ4n) is 10.7. The summed E-state index contributed by atoms with van der Waals surface area (Å²) in [7, 11) is 0. The maximum atomic E-state index is 13.1. The molecular weight excluding hydrogens is 1110 g/mol. The van der Waals surface area contributed by atoms with E-state index in [1.807, 2.05) is 6.08 Å². The van der Waals surface area contributed by atoms with Crippen molar-refractivity contribution in [3.05, 3.63) is 158 Å². The van der Waals surface area contributed by atoms with Crippen molar-refractivity contribution in [3.8, 4) is 0 Å². The van der Waals surface area contributed by atoms with Crippen molar-refractivity contribution in [1.29, 1.82) is 0 Å². The van der Waals surface area contributed by atoms with Crippen LogP contribution in [0.3, 0.4) is 0 Å². The highest BCUT2D eigenvalue weighted by Gasteiger charge is 2.44. The third kappa shape index (κ3) is 55.4. The predicted molar refractivity (Wildman–Crippen MR) is 386 cm³/mol. The molecule has 6 N–H and O–H groups in total. The van der Waals surface area contributed by atoms with Crippen LogP contribution in [0.5, 0.6) is 0 Å². The van der Waals surface area contributed by atoms with Crippen molar-refractivity contribution in [3.63, 3.8) is 0 Å². The summed E-state index contributed by atoms with van der Waals surface area (Å²) in [6.07, 6.45) is 99.1. The van der Waals surface area contributed by atoms with Gasteiger partial charge in [0.25, 0.3) is 0 Å². The molecule has 1 aliphatic rings. The normalized spacial score (nSPS) is 18.8. The molecule has 0 aromatic carbocycles. The Morgan fingerprint density at radius 2 is 0.689 bits per heavy atom. The highest BCUT2D eigenvalue weighted by atomic mass is 16.7. The molecule has 9 heteroatoms. The molecular formula is C81H135NO8. The zero-order valence-corrected chi connectivity index (χ0v) is 57.3. The van der Waals surface area contributed by atoms with Crippen molar-refractivity contribution in [2.45, 2.75) is 333 Å². The number of unbranched alkanes of at least 4 members (excludes halogenated alkanes) is 28. The van der Waals surface area contributed by atoms with E-state index in [9.17, 15) is 30.3 Å². The van der Waals surface area contributed by atoms with E-state index in [0.717, 1.165) is 128 Å². The van der Waals surface area contributed by atoms with Crippen LogP contribution in [-0.2, 0) is 14.3 Å². The average molecular weight is 1250 g/mol. The largest absolute Gasteiger partial charge is 0.394 e. The first-order valence-corrected chi connectivity index (χ1v) is 36.7. The first-order chi connectivity index (χ1) is 44.3. The van der Waals surface area contributed by atoms with Gasteiger partial charge < -0.3 is 40.3 Å². The molecule has 1 rings (SSSR count). The highest BCUT2D eigenvalue weighted by Crippen LogP contribution is 2.23. The van der Waals surface area contributed by atoms with E-state index in [1.54, 1.807) is 6.08 Å². The second kappa shape index (κ2) is 67.7. The van der Waals surface area contributed by atoms with Crippen LogP contribution < -0.4 is 5.32 Å². The molecule has 0 aliphatic carbocycles. The smallest absolute Gasteiger partial charge is 0.220 e. The molecule has 7 unspecified atom stereocenters. The Morgan fingerprint density at radius 1 is 0.389 bits per heavy atom. The molecule has 7 atom stereocenters. The first-order valence-electron chi connectivity index (χ1n) is 36.7. The topological polar surface area (TPSA) is 149 Å². The average Bonchev–Trinajstić information content (AvgIpc) is 1.28. The Balaban J connectivity index is 2.18. The lowest BCUT2D eigenvalue weighted by molar-refractivity contribution is -0.302. The molecule has 512 valence electrons. The molecule has 1 heterocycles. The van der Waals surface area contributed by atoms with Gasteiger partial charge in [-0.05, 0) is 109 Å². The molecule has 1 amide bonds. The van der Waals surface area contributed by atoms with Gasteiger partial charge in [0, 0.05) is 6.42 Å². The molecule has 1 fully saturated rings. The summed E-state index contributed by atoms with van der Waals surface area (Å²) in [5.74, 6) is -0.205. The Labute approximate surface area is 552 Å². The number of ether oxygens (including phenoxy) is 2. The summed E-state index contributed by atoms with van der Waals surface area (Å²) in [4.78, 5) is 13.1. The van der Waals surface area contributed by atoms with Crippen LogP contribution in [0.1, 0.15) is 290 Å². The van der Waals surface area contributed by atoms with Crippen molar-refractivity contribution in [2.24, 2.45) is 0 Å². The monoisotopic (exact) mass is 1250 g/mol. The summed E-state index contributed by atoms with van der Waals surface area (Å²) in [6, 6.07) is -0.832. The molecule has 0 bridgehead atoms. The number of aliphatic hydroxyl groups excluding tert-OH is 5. The molecule has 1 aliphatic heterocycles. The molecule has 0 radical (unpaired) electrons. The lowest BCUT2D eigenvalue weighted by Crippen LogP contribution is -2.60. The molecule has 0 aromatic rings. The zero-order chi connectivity index (χ0) is 64.9. The van der Waals surface area contributed by atoms with Crippen LogP contribution in [-0.4, -0.2) is 87.5 Å². The van der Waals surface area contributed by atoms with Gasteiger partial charge in [0.15, 0.2) is 6.29 Å². The van der Waals surface area contributed by atoms with Crippen molar-refractivity contribution in [1.82, 2.24) is 5.32 Å². The van der Waals surface area contributed by atoms with E-state index in [2.05, 4.69) is 165 Å². The van der Waals surface area contributed by atoms with E-state index in [0.29, 0.717) is 6.42 Å². The third-order valence-electron chi connectivity index (χ3n) is 16.4. The third-order valence-corrected chi connectivity index (χ3v) is 16.4. The number of aliphatic hydroxyl groups is 5. The Bertz CT molecular complexity index is 1980. The number of carbonyl (C=O) groups is 1. The van der Waals surface area contributed by atoms with E-state index in [4.69, 9.17) is 9.47 Å². The summed E-state index contributed by atoms with van der Waals surface area (Å²) < 4.78 is 11.3. The van der Waals surface area contributed by atoms with Gasteiger partial charge in [0.2, 0.25) is 5.91 Å². The molecule has 0 saturated carbocycles. The van der Waals surface area contributed by atoms with Gasteiger partial charge in [0.05, 0.1) is 25.4 Å². The van der Waals surface area contributed by atoms with Gasteiger partial charge in [-0.2, -0.15) is 0 Å². The van der Waals surface area contributed by atoms with E-state index < -0.39 is 49.5 Å². The van der Waals surface area contributed by atoms with Crippen LogP contribution in [0.15, 0.2) is 158 Å². The van der Waals surface area contributed by atoms with Gasteiger partial charge in [-0.3, -0.25) is 4.79 Å². The van der Waals surface area contributed by atoms with Gasteiger partial charge in [0.1, 0.15) is 24.4 Å². The number of amides is 1. The van der Waals surface area contributed by atoms with Gasteiger partial charge in [-0.25, -0.2) is 0 Å². The highest BCUT2D eigenvalue weighted by molar-refractivity contribution is 5.76. The number of nitrogens with one attached hydrogen (secondary N) is 1. The molecule has 1 saturated heterocycles. The van der Waals surface area contributed by atoms with Crippen LogP contribution in [0, 0.1) is 0 Å². The second-order valence-corrected chi connectivity index (χ2v) is 24.7. The lowest BCUT2D eigenvalue weighted by atomic mass is 9.99. The standard InChI is InChI=1S/C81H135NO8/c1-3-5-7-9-11-13-15-17-19-21-23-25-27-29-31-32-33-34-35-36-37-38-39-40-41-42-43-44-45-47-49-51-53-55-57-59-61-63-65-67-69-71-77(85)82-74(73-89-81-80(88)79(87)78(86)76(72-83)90-81)75(84)70-68-66-64-62-60-58-56-54-52-50-48-46-30-28-26-24-22-20-18-16-14-12-10-8-6-4-2/h5,7,11,13,17,19,23,25,29,31,33-34,36-37,39-40,42-43,45,47,51,53,57,59,68,70,74-76,78-81,83-84,86-88H,3-4,6,8-10,12,14-16,18,20-22,24,26-28,30,32,35,38,41,44,46,48-50,52,54-56,58,60-67,69,71-73H2,1-2H3,(H,82,85)/b7-5-,13-11-,19-17-,25-23-,31-29-,34-33-,37-36-,40-39-,43-42-,47-45-,53-51-,59-57-,70-68+. The lowest BCUT2D eigenvalue weighted by Gasteiger charge is -2.40. The predicted octanol–water partition coefficient (Wildman–Crippen LogP) is 20.7. The van der Waals surface area contributed by atoms with Crippen LogP contribution in [0.2, 0.25) is 0 Å². The fraction of sp³-hybridized carbons (Fsp3) is 0.667. The molecule has 9 nitrogen and oxygen atoms in total. The van der Waals surface area contributed by atoms with Gasteiger partial charge >= 0.3 is 0 Å². The van der Waals surface area contributed by atoms with E-state index in [1.165, 1.54) is 141 Å². The molecule has 0 aromatic heterocycles. The maximum Gasteiger partial charge on any atom is 0.220 e. The molecule has 0 spiro atoms. The number of allylic oxidation sites excluding steroid dienone is 25. The number of rotatable bonds is 62. The van der Waals surface area contributed by atoms with Crippen LogP contribution >= 0.6 is 0 Å². The van der Waals surface area contributed by atoms with E-state index in [-0.39, 0.29) is 12.5 Å². The minimum Gasteiger partial charge on any atom is -0.394 e. The van der Waals surface area contributed by atoms with Gasteiger partial charge in [-0.1, -0.05) is 332 Å². The van der Waals surface area contributed by atoms with Crippen molar-refractivity contribution >= 4 is 5.91 Å². The quantitative estimate of drug-likeness (QED) is 0.0261. The summed E-state index contributed by atoms with van der Waals surface area (Å²) in [5, 5.41) is 54.8. The Kier molecular flexibility index (Phi) is 63.0. The van der Waals surface area contributed by atoms with Crippen LogP contribution in [0.4, 0.5) is 0 Å². The Morgan fingerprint density at radius 3 is 1.02 bits per heavy atom. The summed E-state index contributed by atoms with van der Waals surface area (Å²) >= 11 is 0. The van der Waals surface area contributed by atoms with Crippen molar-refractivity contribution in [2.75, 3.05) is 13.2 Å². The van der Waals surface area contributed by atoms with Crippen molar-refractivity contribution < 1.29 is 39.8 Å². The number of carbonyl (C=O) groups excluding carboxylic acids is 1. The van der Waals surface area contributed by atoms with E-state index >= 15 is 0 Å². The summed E-state index contributed by atoms with van der Waals surface area (Å²) in [5.41, 5.74) is 0. The number of hydrogen-bond donors (Lipinski definition) is 6. The molecule has 90 heavy (non-hydrogen) atoms.